The number of ether oxygens (including phenoxy) is 1. The number of morpholine rings is 1. The molecule has 0 unspecified atom stereocenters. The van der Waals surface area contributed by atoms with Crippen molar-refractivity contribution in [3.05, 3.63) is 35.9 Å². The molecule has 0 spiro atoms. The van der Waals surface area contributed by atoms with Gasteiger partial charge in [-0.2, -0.15) is 0 Å². The van der Waals surface area contributed by atoms with Crippen LogP contribution in [0.3, 0.4) is 0 Å². The fraction of sp³-hybridized carbons (Fsp3) is 0.600. The zero-order valence-electron chi connectivity index (χ0n) is 12.7. The molecule has 0 radical (unpaired) electrons. The Morgan fingerprint density at radius 2 is 2.00 bits per heavy atom. The highest BCUT2D eigenvalue weighted by Gasteiger charge is 2.26. The van der Waals surface area contributed by atoms with Crippen LogP contribution in [-0.4, -0.2) is 51.7 Å². The minimum atomic E-state index is -3.27. The Labute approximate surface area is 127 Å². The maximum atomic E-state index is 12.0. The number of rotatable bonds is 6. The highest BCUT2D eigenvalue weighted by atomic mass is 32.2. The Morgan fingerprint density at radius 1 is 1.29 bits per heavy atom. The second-order valence-corrected chi connectivity index (χ2v) is 7.83. The molecule has 1 fully saturated rings. The van der Waals surface area contributed by atoms with Crippen molar-refractivity contribution in [1.82, 2.24) is 9.62 Å². The third kappa shape index (κ3) is 5.74. The largest absolute Gasteiger partial charge is 0.373 e. The predicted octanol–water partition coefficient (Wildman–Crippen LogP) is 1.22. The van der Waals surface area contributed by atoms with Crippen LogP contribution in [0.5, 0.6) is 0 Å². The van der Waals surface area contributed by atoms with Gasteiger partial charge < -0.3 is 4.74 Å². The summed E-state index contributed by atoms with van der Waals surface area (Å²) in [7, 11) is -3.27. The van der Waals surface area contributed by atoms with Crippen LogP contribution in [0.2, 0.25) is 0 Å². The van der Waals surface area contributed by atoms with Crippen molar-refractivity contribution < 1.29 is 13.2 Å². The minimum absolute atomic E-state index is 0.0302. The van der Waals surface area contributed by atoms with E-state index in [9.17, 15) is 8.42 Å². The number of hydrogen-bond acceptors (Lipinski definition) is 4. The normalized spacial score (nSPS) is 19.5. The fourth-order valence-electron chi connectivity index (χ4n) is 2.51. The van der Waals surface area contributed by atoms with E-state index < -0.39 is 10.0 Å². The number of nitrogens with zero attached hydrogens (tertiary/aromatic N) is 1. The summed E-state index contributed by atoms with van der Waals surface area (Å²) in [5, 5.41) is 0. The average molecular weight is 312 g/mol. The van der Waals surface area contributed by atoms with Crippen molar-refractivity contribution in [2.45, 2.75) is 25.2 Å². The first kappa shape index (κ1) is 16.4. The van der Waals surface area contributed by atoms with E-state index in [-0.39, 0.29) is 11.4 Å². The van der Waals surface area contributed by atoms with Gasteiger partial charge in [0.25, 0.3) is 0 Å². The molecule has 2 rings (SSSR count). The number of sulfonamides is 1. The molecule has 6 heteroatoms. The fourth-order valence-corrected chi connectivity index (χ4v) is 3.64. The molecule has 5 nitrogen and oxygen atoms in total. The van der Waals surface area contributed by atoms with Gasteiger partial charge in [0.15, 0.2) is 0 Å². The minimum Gasteiger partial charge on any atom is -0.373 e. The molecule has 0 aliphatic carbocycles. The topological polar surface area (TPSA) is 58.6 Å². The van der Waals surface area contributed by atoms with Crippen LogP contribution in [0.15, 0.2) is 30.3 Å². The summed E-state index contributed by atoms with van der Waals surface area (Å²) in [4.78, 5) is 2.23. The predicted molar refractivity (Wildman–Crippen MR) is 83.5 cm³/mol. The lowest BCUT2D eigenvalue weighted by molar-refractivity contribution is -0.0851. The van der Waals surface area contributed by atoms with Crippen molar-refractivity contribution in [3.8, 4) is 0 Å². The maximum Gasteiger partial charge on any atom is 0.215 e. The average Bonchev–Trinajstić information content (AvgIpc) is 2.38. The van der Waals surface area contributed by atoms with Crippen molar-refractivity contribution in [2.75, 3.05) is 32.8 Å². The van der Waals surface area contributed by atoms with E-state index >= 15 is 0 Å². The summed E-state index contributed by atoms with van der Waals surface area (Å²) >= 11 is 0. The van der Waals surface area contributed by atoms with Crippen LogP contribution in [-0.2, 0) is 20.5 Å². The van der Waals surface area contributed by atoms with Crippen LogP contribution in [0.4, 0.5) is 0 Å². The highest BCUT2D eigenvalue weighted by molar-refractivity contribution is 7.88. The van der Waals surface area contributed by atoms with Crippen molar-refractivity contribution in [3.63, 3.8) is 0 Å². The second-order valence-electron chi connectivity index (χ2n) is 6.02. The van der Waals surface area contributed by atoms with E-state index in [4.69, 9.17) is 4.74 Å². The number of benzene rings is 1. The molecule has 1 saturated heterocycles. The Hall–Kier alpha value is -0.950. The van der Waals surface area contributed by atoms with Gasteiger partial charge in [-0.1, -0.05) is 30.3 Å². The molecule has 0 bridgehead atoms. The van der Waals surface area contributed by atoms with Gasteiger partial charge in [-0.3, -0.25) is 4.90 Å². The van der Waals surface area contributed by atoms with E-state index in [0.29, 0.717) is 19.7 Å². The van der Waals surface area contributed by atoms with Crippen LogP contribution >= 0.6 is 0 Å². The molecule has 0 amide bonds. The van der Waals surface area contributed by atoms with Gasteiger partial charge in [0.1, 0.15) is 0 Å². The van der Waals surface area contributed by atoms with Crippen LogP contribution in [0.1, 0.15) is 19.4 Å². The zero-order valence-corrected chi connectivity index (χ0v) is 13.5. The highest BCUT2D eigenvalue weighted by Crippen LogP contribution is 2.15. The van der Waals surface area contributed by atoms with E-state index in [1.165, 1.54) is 0 Å². The van der Waals surface area contributed by atoms with Gasteiger partial charge in [0, 0.05) is 26.2 Å². The third-order valence-electron chi connectivity index (χ3n) is 3.45. The van der Waals surface area contributed by atoms with Crippen molar-refractivity contribution in [1.29, 1.82) is 0 Å². The maximum absolute atomic E-state index is 12.0. The van der Waals surface area contributed by atoms with Gasteiger partial charge in [-0.15, -0.1) is 0 Å². The summed E-state index contributed by atoms with van der Waals surface area (Å²) in [6, 6.07) is 9.22. The quantitative estimate of drug-likeness (QED) is 0.858. The summed E-state index contributed by atoms with van der Waals surface area (Å²) < 4.78 is 32.3. The number of hydrogen-bond donors (Lipinski definition) is 1. The number of nitrogens with one attached hydrogen (secondary N) is 1. The van der Waals surface area contributed by atoms with E-state index in [0.717, 1.165) is 18.7 Å². The Bertz CT molecular complexity index is 543. The lowest BCUT2D eigenvalue weighted by Gasteiger charge is -2.38. The molecule has 0 saturated carbocycles. The van der Waals surface area contributed by atoms with Gasteiger partial charge in [0.05, 0.1) is 18.0 Å². The lowest BCUT2D eigenvalue weighted by atomic mass is 10.1. The van der Waals surface area contributed by atoms with Gasteiger partial charge in [-0.25, -0.2) is 13.1 Å². The first-order valence-corrected chi connectivity index (χ1v) is 8.89. The molecular formula is C15H24N2O3S. The molecule has 1 aliphatic heterocycles. The molecule has 1 aromatic carbocycles. The SMILES string of the molecule is CC1(C)CN(CCNS(=O)(=O)Cc2ccccc2)CCO1. The summed E-state index contributed by atoms with van der Waals surface area (Å²) in [6.07, 6.45) is 0. The lowest BCUT2D eigenvalue weighted by Crippen LogP contribution is -2.50. The monoisotopic (exact) mass is 312 g/mol. The summed E-state index contributed by atoms with van der Waals surface area (Å²) in [5.74, 6) is 0.0302. The molecule has 118 valence electrons. The molecule has 0 aromatic heterocycles. The van der Waals surface area contributed by atoms with Crippen molar-refractivity contribution in [2.24, 2.45) is 0 Å². The zero-order chi connectivity index (χ0) is 15.3. The summed E-state index contributed by atoms with van der Waals surface area (Å²) in [5.41, 5.74) is 0.652. The standard InChI is InChI=1S/C15H24N2O3S/c1-15(2)13-17(10-11-20-15)9-8-16-21(18,19)12-14-6-4-3-5-7-14/h3-7,16H,8-13H2,1-2H3. The van der Waals surface area contributed by atoms with E-state index in [1.54, 1.807) is 0 Å². The molecule has 21 heavy (non-hydrogen) atoms. The van der Waals surface area contributed by atoms with Crippen molar-refractivity contribution >= 4 is 10.0 Å². The summed E-state index contributed by atoms with van der Waals surface area (Å²) in [6.45, 7) is 7.63. The van der Waals surface area contributed by atoms with E-state index in [2.05, 4.69) is 23.5 Å². The molecule has 0 atom stereocenters. The molecule has 1 N–H and O–H groups in total. The molecule has 1 aromatic rings. The van der Waals surface area contributed by atoms with Crippen LogP contribution < -0.4 is 4.72 Å². The van der Waals surface area contributed by atoms with Crippen LogP contribution in [0, 0.1) is 0 Å². The third-order valence-corrected chi connectivity index (χ3v) is 4.81. The Kier molecular flexibility index (Phi) is 5.37. The second kappa shape index (κ2) is 6.87. The first-order chi connectivity index (χ1) is 9.86. The smallest absolute Gasteiger partial charge is 0.215 e. The Balaban J connectivity index is 1.77. The molecule has 1 heterocycles. The van der Waals surface area contributed by atoms with Gasteiger partial charge in [-0.05, 0) is 19.4 Å². The first-order valence-electron chi connectivity index (χ1n) is 7.24. The van der Waals surface area contributed by atoms with E-state index in [1.807, 2.05) is 30.3 Å². The van der Waals surface area contributed by atoms with Gasteiger partial charge in [0.2, 0.25) is 10.0 Å². The molecular weight excluding hydrogens is 288 g/mol. The Morgan fingerprint density at radius 3 is 2.67 bits per heavy atom. The van der Waals surface area contributed by atoms with Crippen LogP contribution in [0.25, 0.3) is 0 Å². The van der Waals surface area contributed by atoms with Gasteiger partial charge >= 0.3 is 0 Å². The molecule has 1 aliphatic rings.